The Morgan fingerprint density at radius 1 is 1.03 bits per heavy atom. The fourth-order valence-electron chi connectivity index (χ4n) is 4.47. The van der Waals surface area contributed by atoms with E-state index in [0.717, 1.165) is 42.2 Å². The number of pyridine rings is 1. The molecule has 0 saturated carbocycles. The number of rotatable bonds is 5. The Morgan fingerprint density at radius 2 is 1.76 bits per heavy atom. The first-order valence-electron chi connectivity index (χ1n) is 10.7. The van der Waals surface area contributed by atoms with Crippen LogP contribution >= 0.6 is 0 Å². The zero-order chi connectivity index (χ0) is 20.1. The van der Waals surface area contributed by atoms with Crippen molar-refractivity contribution in [3.63, 3.8) is 0 Å². The molecule has 29 heavy (non-hydrogen) atoms. The van der Waals surface area contributed by atoms with Gasteiger partial charge in [-0.25, -0.2) is 5.06 Å². The van der Waals surface area contributed by atoms with Crippen LogP contribution in [0, 0.1) is 0 Å². The van der Waals surface area contributed by atoms with Gasteiger partial charge in [-0.05, 0) is 56.5 Å². The van der Waals surface area contributed by atoms with Gasteiger partial charge in [0.2, 0.25) is 0 Å². The van der Waals surface area contributed by atoms with Gasteiger partial charge in [0.05, 0.1) is 6.54 Å². The van der Waals surface area contributed by atoms with Gasteiger partial charge in [0.15, 0.2) is 0 Å². The molecular formula is C23H30N4O2. The van der Waals surface area contributed by atoms with Crippen LogP contribution in [0.4, 0.5) is 5.69 Å². The highest BCUT2D eigenvalue weighted by atomic mass is 16.5. The van der Waals surface area contributed by atoms with Crippen LogP contribution in [-0.2, 0) is 6.54 Å². The van der Waals surface area contributed by atoms with E-state index in [1.165, 1.54) is 32.4 Å². The standard InChI is InChI=1S/C23H30N4O2/c28-23(27(29)18-19-7-3-1-4-8-19)22-17-21(9-12-24-22)26-15-10-20(11-16-26)25-13-5-2-6-14-25/h1,3-4,7-9,12,17,20,29H,2,5-6,10-11,13-16,18H2. The van der Waals surface area contributed by atoms with Crippen LogP contribution in [0.2, 0.25) is 0 Å². The predicted octanol–water partition coefficient (Wildman–Crippen LogP) is 3.57. The molecule has 2 aromatic rings. The number of benzene rings is 1. The van der Waals surface area contributed by atoms with Crippen LogP contribution in [0.5, 0.6) is 0 Å². The van der Waals surface area contributed by atoms with E-state index in [1.54, 1.807) is 12.3 Å². The second kappa shape index (κ2) is 9.37. The maximum absolute atomic E-state index is 12.6. The summed E-state index contributed by atoms with van der Waals surface area (Å²) in [5.41, 5.74) is 2.16. The van der Waals surface area contributed by atoms with Crippen LogP contribution in [0.15, 0.2) is 48.7 Å². The minimum Gasteiger partial charge on any atom is -0.371 e. The zero-order valence-corrected chi connectivity index (χ0v) is 16.9. The molecule has 0 bridgehead atoms. The summed E-state index contributed by atoms with van der Waals surface area (Å²) in [5, 5.41) is 11.0. The quantitative estimate of drug-likeness (QED) is 0.621. The highest BCUT2D eigenvalue weighted by Gasteiger charge is 2.26. The topological polar surface area (TPSA) is 59.9 Å². The number of hydroxylamine groups is 2. The Morgan fingerprint density at radius 3 is 2.48 bits per heavy atom. The molecule has 2 aliphatic heterocycles. The summed E-state index contributed by atoms with van der Waals surface area (Å²) in [6.07, 6.45) is 8.01. The molecule has 1 N–H and O–H groups in total. The van der Waals surface area contributed by atoms with E-state index >= 15 is 0 Å². The molecule has 3 heterocycles. The highest BCUT2D eigenvalue weighted by Crippen LogP contribution is 2.25. The summed E-state index contributed by atoms with van der Waals surface area (Å²) in [5.74, 6) is -0.473. The number of anilines is 1. The second-order valence-electron chi connectivity index (χ2n) is 8.06. The molecule has 6 heteroatoms. The average Bonchev–Trinajstić information content (AvgIpc) is 2.80. The molecule has 2 aliphatic rings. The number of nitrogens with zero attached hydrogens (tertiary/aromatic N) is 4. The van der Waals surface area contributed by atoms with E-state index in [0.29, 0.717) is 6.04 Å². The van der Waals surface area contributed by atoms with Crippen molar-refractivity contribution in [1.29, 1.82) is 0 Å². The van der Waals surface area contributed by atoms with Gasteiger partial charge < -0.3 is 9.80 Å². The van der Waals surface area contributed by atoms with Gasteiger partial charge >= 0.3 is 0 Å². The van der Waals surface area contributed by atoms with Crippen LogP contribution in [0.3, 0.4) is 0 Å². The van der Waals surface area contributed by atoms with E-state index in [9.17, 15) is 10.0 Å². The minimum atomic E-state index is -0.473. The van der Waals surface area contributed by atoms with Gasteiger partial charge in [-0.3, -0.25) is 15.0 Å². The Labute approximate surface area is 172 Å². The van der Waals surface area contributed by atoms with E-state index < -0.39 is 5.91 Å². The molecule has 0 aliphatic carbocycles. The lowest BCUT2D eigenvalue weighted by molar-refractivity contribution is -0.0652. The summed E-state index contributed by atoms with van der Waals surface area (Å²) >= 11 is 0. The Hall–Kier alpha value is -2.44. The molecule has 0 spiro atoms. The van der Waals surface area contributed by atoms with Crippen molar-refractivity contribution in [2.75, 3.05) is 31.1 Å². The molecule has 1 amide bonds. The molecule has 154 valence electrons. The van der Waals surface area contributed by atoms with Crippen molar-refractivity contribution in [2.24, 2.45) is 0 Å². The summed E-state index contributed by atoms with van der Waals surface area (Å²) in [6.45, 7) is 4.61. The number of hydrogen-bond donors (Lipinski definition) is 1. The third-order valence-corrected chi connectivity index (χ3v) is 6.11. The largest absolute Gasteiger partial charge is 0.371 e. The average molecular weight is 395 g/mol. The SMILES string of the molecule is O=C(c1cc(N2CCC(N3CCCCC3)CC2)ccn1)N(O)Cc1ccccc1. The number of likely N-dealkylation sites (tertiary alicyclic amines) is 1. The highest BCUT2D eigenvalue weighted by molar-refractivity contribution is 5.92. The maximum Gasteiger partial charge on any atom is 0.296 e. The van der Waals surface area contributed by atoms with E-state index in [4.69, 9.17) is 0 Å². The van der Waals surface area contributed by atoms with Gasteiger partial charge in [0, 0.05) is 31.0 Å². The molecule has 4 rings (SSSR count). The third-order valence-electron chi connectivity index (χ3n) is 6.11. The van der Waals surface area contributed by atoms with Crippen molar-refractivity contribution in [3.8, 4) is 0 Å². The normalized spacial score (nSPS) is 18.6. The van der Waals surface area contributed by atoms with Crippen molar-refractivity contribution < 1.29 is 10.0 Å². The molecule has 2 fully saturated rings. The lowest BCUT2D eigenvalue weighted by atomic mass is 9.99. The molecule has 1 aromatic heterocycles. The number of aromatic nitrogens is 1. The monoisotopic (exact) mass is 394 g/mol. The van der Waals surface area contributed by atoms with Crippen molar-refractivity contribution in [1.82, 2.24) is 14.9 Å². The first-order valence-corrected chi connectivity index (χ1v) is 10.7. The number of amides is 1. The van der Waals surface area contributed by atoms with E-state index in [-0.39, 0.29) is 12.2 Å². The lowest BCUT2D eigenvalue weighted by Crippen LogP contribution is -2.46. The number of piperidine rings is 2. The fourth-order valence-corrected chi connectivity index (χ4v) is 4.47. The van der Waals surface area contributed by atoms with Gasteiger partial charge in [-0.1, -0.05) is 36.8 Å². The fraction of sp³-hybridized carbons (Fsp3) is 0.478. The number of hydrogen-bond acceptors (Lipinski definition) is 5. The molecule has 2 saturated heterocycles. The molecule has 0 radical (unpaired) electrons. The van der Waals surface area contributed by atoms with Crippen molar-refractivity contribution in [3.05, 3.63) is 59.9 Å². The lowest BCUT2D eigenvalue weighted by Gasteiger charge is -2.41. The maximum atomic E-state index is 12.6. The summed E-state index contributed by atoms with van der Waals surface area (Å²) in [6, 6.07) is 13.9. The molecule has 6 nitrogen and oxygen atoms in total. The second-order valence-corrected chi connectivity index (χ2v) is 8.06. The minimum absolute atomic E-state index is 0.146. The van der Waals surface area contributed by atoms with Crippen LogP contribution < -0.4 is 4.90 Å². The van der Waals surface area contributed by atoms with Gasteiger partial charge in [-0.2, -0.15) is 0 Å². The first kappa shape index (κ1) is 19.9. The van der Waals surface area contributed by atoms with Gasteiger partial charge in [0.25, 0.3) is 5.91 Å². The summed E-state index contributed by atoms with van der Waals surface area (Å²) in [7, 11) is 0. The number of carbonyl (C=O) groups excluding carboxylic acids is 1. The number of carbonyl (C=O) groups is 1. The van der Waals surface area contributed by atoms with Crippen molar-refractivity contribution in [2.45, 2.75) is 44.7 Å². The zero-order valence-electron chi connectivity index (χ0n) is 16.9. The van der Waals surface area contributed by atoms with Crippen LogP contribution in [-0.4, -0.2) is 58.3 Å². The first-order chi connectivity index (χ1) is 14.2. The Balaban J connectivity index is 1.36. The van der Waals surface area contributed by atoms with Gasteiger partial charge in [-0.15, -0.1) is 0 Å². The van der Waals surface area contributed by atoms with E-state index in [2.05, 4.69) is 14.8 Å². The summed E-state index contributed by atoms with van der Waals surface area (Å²) < 4.78 is 0. The van der Waals surface area contributed by atoms with Crippen LogP contribution in [0.25, 0.3) is 0 Å². The molecule has 0 atom stereocenters. The van der Waals surface area contributed by atoms with E-state index in [1.807, 2.05) is 36.4 Å². The van der Waals surface area contributed by atoms with Gasteiger partial charge in [0.1, 0.15) is 5.69 Å². The smallest absolute Gasteiger partial charge is 0.296 e. The molecule has 0 unspecified atom stereocenters. The van der Waals surface area contributed by atoms with Crippen LogP contribution in [0.1, 0.15) is 48.2 Å². The molecule has 1 aromatic carbocycles. The Kier molecular flexibility index (Phi) is 6.42. The molecular weight excluding hydrogens is 364 g/mol. The Bertz CT molecular complexity index is 800. The predicted molar refractivity (Wildman–Crippen MR) is 113 cm³/mol. The summed E-state index contributed by atoms with van der Waals surface area (Å²) in [4.78, 5) is 21.8. The third kappa shape index (κ3) is 4.95. The van der Waals surface area contributed by atoms with Crippen molar-refractivity contribution >= 4 is 11.6 Å².